The zero-order valence-corrected chi connectivity index (χ0v) is 8.76. The van der Waals surface area contributed by atoms with Crippen molar-refractivity contribution in [3.8, 4) is 0 Å². The normalized spacial score (nSPS) is 9.64. The van der Waals surface area contributed by atoms with Gasteiger partial charge in [-0.15, -0.1) is 0 Å². The van der Waals surface area contributed by atoms with Gasteiger partial charge in [0, 0.05) is 19.5 Å². The van der Waals surface area contributed by atoms with Crippen LogP contribution in [-0.2, 0) is 4.79 Å². The Bertz CT molecular complexity index is 109. The number of hydrogen-bond acceptors (Lipinski definition) is 2. The molecule has 11 heavy (non-hydrogen) atoms. The van der Waals surface area contributed by atoms with Crippen molar-refractivity contribution in [2.24, 2.45) is 5.73 Å². The first kappa shape index (κ1) is 11.2. The van der Waals surface area contributed by atoms with Crippen LogP contribution in [0.25, 0.3) is 0 Å². The van der Waals surface area contributed by atoms with E-state index in [0.29, 0.717) is 13.0 Å². The summed E-state index contributed by atoms with van der Waals surface area (Å²) >= 11 is 2.33. The van der Waals surface area contributed by atoms with Crippen LogP contribution in [0, 0.1) is 0 Å². The summed E-state index contributed by atoms with van der Waals surface area (Å²) in [5.41, 5.74) is 5.20. The minimum atomic E-state index is 0.0703. The molecule has 0 radical (unpaired) electrons. The molecular formula is C7H15IN2O. The molecule has 3 nitrogen and oxygen atoms in total. The Balaban J connectivity index is 3.04. The van der Waals surface area contributed by atoms with E-state index in [-0.39, 0.29) is 5.91 Å². The molecule has 0 saturated heterocycles. The number of rotatable bonds is 6. The van der Waals surface area contributed by atoms with Gasteiger partial charge in [0.2, 0.25) is 5.91 Å². The highest BCUT2D eigenvalue weighted by Crippen LogP contribution is 1.92. The number of halogens is 1. The fourth-order valence-electron chi connectivity index (χ4n) is 0.667. The summed E-state index contributed by atoms with van der Waals surface area (Å²) in [5.74, 6) is 0.0703. The predicted molar refractivity (Wildman–Crippen MR) is 54.8 cm³/mol. The maximum Gasteiger partial charge on any atom is 0.221 e. The molecule has 0 bridgehead atoms. The standard InChI is InChI=1S/C7H15IN2O/c8-4-1-2-6-10-7(11)3-5-9/h1-6,9H2,(H,10,11). The first-order chi connectivity index (χ1) is 5.31. The molecule has 0 aromatic heterocycles. The van der Waals surface area contributed by atoms with Crippen LogP contribution in [0.5, 0.6) is 0 Å². The Morgan fingerprint density at radius 2 is 2.18 bits per heavy atom. The van der Waals surface area contributed by atoms with Crippen molar-refractivity contribution in [1.29, 1.82) is 0 Å². The molecule has 4 heteroatoms. The number of amides is 1. The largest absolute Gasteiger partial charge is 0.356 e. The summed E-state index contributed by atoms with van der Waals surface area (Å²) < 4.78 is 1.16. The number of alkyl halides is 1. The minimum absolute atomic E-state index is 0.0703. The van der Waals surface area contributed by atoms with E-state index in [1.54, 1.807) is 0 Å². The van der Waals surface area contributed by atoms with Crippen LogP contribution < -0.4 is 11.1 Å². The highest BCUT2D eigenvalue weighted by molar-refractivity contribution is 14.1. The Morgan fingerprint density at radius 1 is 1.45 bits per heavy atom. The van der Waals surface area contributed by atoms with Gasteiger partial charge in [-0.3, -0.25) is 4.79 Å². The van der Waals surface area contributed by atoms with Gasteiger partial charge in [0.15, 0.2) is 0 Å². The summed E-state index contributed by atoms with van der Waals surface area (Å²) in [6.45, 7) is 1.24. The van der Waals surface area contributed by atoms with Gasteiger partial charge in [-0.1, -0.05) is 22.6 Å². The van der Waals surface area contributed by atoms with Gasteiger partial charge in [0.05, 0.1) is 0 Å². The first-order valence-electron chi connectivity index (χ1n) is 3.84. The average molecular weight is 270 g/mol. The number of nitrogens with two attached hydrogens (primary N) is 1. The van der Waals surface area contributed by atoms with Gasteiger partial charge in [-0.05, 0) is 17.3 Å². The lowest BCUT2D eigenvalue weighted by Crippen LogP contribution is -2.26. The molecule has 0 unspecified atom stereocenters. The van der Waals surface area contributed by atoms with Gasteiger partial charge >= 0.3 is 0 Å². The lowest BCUT2D eigenvalue weighted by molar-refractivity contribution is -0.120. The van der Waals surface area contributed by atoms with Crippen molar-refractivity contribution >= 4 is 28.5 Å². The van der Waals surface area contributed by atoms with Gasteiger partial charge < -0.3 is 11.1 Å². The summed E-state index contributed by atoms with van der Waals surface area (Å²) in [4.78, 5) is 10.8. The number of unbranched alkanes of at least 4 members (excludes halogenated alkanes) is 1. The molecular weight excluding hydrogens is 255 g/mol. The van der Waals surface area contributed by atoms with Gasteiger partial charge in [0.25, 0.3) is 0 Å². The van der Waals surface area contributed by atoms with Crippen LogP contribution in [0.4, 0.5) is 0 Å². The Morgan fingerprint density at radius 3 is 2.73 bits per heavy atom. The molecule has 0 aliphatic carbocycles. The molecule has 0 atom stereocenters. The fraction of sp³-hybridized carbons (Fsp3) is 0.857. The van der Waals surface area contributed by atoms with Crippen LogP contribution in [0.1, 0.15) is 19.3 Å². The van der Waals surface area contributed by atoms with E-state index in [9.17, 15) is 4.79 Å². The third-order valence-electron chi connectivity index (χ3n) is 1.25. The fourth-order valence-corrected chi connectivity index (χ4v) is 1.21. The molecule has 0 aromatic rings. The third-order valence-corrected chi connectivity index (χ3v) is 2.02. The van der Waals surface area contributed by atoms with E-state index in [1.807, 2.05) is 0 Å². The summed E-state index contributed by atoms with van der Waals surface area (Å²) in [6.07, 6.45) is 2.69. The zero-order valence-electron chi connectivity index (χ0n) is 6.61. The third kappa shape index (κ3) is 8.06. The monoisotopic (exact) mass is 270 g/mol. The Hall–Kier alpha value is 0.160. The van der Waals surface area contributed by atoms with Crippen LogP contribution >= 0.6 is 22.6 Å². The average Bonchev–Trinajstić information content (AvgIpc) is 1.99. The van der Waals surface area contributed by atoms with Crippen LogP contribution in [0.3, 0.4) is 0 Å². The summed E-state index contributed by atoms with van der Waals surface area (Å²) in [6, 6.07) is 0. The molecule has 0 heterocycles. The quantitative estimate of drug-likeness (QED) is 0.423. The molecule has 3 N–H and O–H groups in total. The van der Waals surface area contributed by atoms with Gasteiger partial charge in [0.1, 0.15) is 0 Å². The molecule has 0 aliphatic rings. The highest BCUT2D eigenvalue weighted by Gasteiger charge is 1.96. The second-order valence-corrected chi connectivity index (χ2v) is 3.36. The zero-order chi connectivity index (χ0) is 8.53. The van der Waals surface area contributed by atoms with E-state index in [4.69, 9.17) is 5.73 Å². The summed E-state index contributed by atoms with van der Waals surface area (Å²) in [5, 5.41) is 2.80. The number of nitrogens with one attached hydrogen (secondary N) is 1. The van der Waals surface area contributed by atoms with Crippen molar-refractivity contribution in [2.75, 3.05) is 17.5 Å². The minimum Gasteiger partial charge on any atom is -0.356 e. The second kappa shape index (κ2) is 8.26. The van der Waals surface area contributed by atoms with Crippen molar-refractivity contribution in [2.45, 2.75) is 19.3 Å². The molecule has 0 rings (SSSR count). The van der Waals surface area contributed by atoms with Crippen molar-refractivity contribution in [1.82, 2.24) is 5.32 Å². The maximum atomic E-state index is 10.8. The van der Waals surface area contributed by atoms with Crippen LogP contribution in [-0.4, -0.2) is 23.4 Å². The second-order valence-electron chi connectivity index (χ2n) is 2.28. The molecule has 0 fully saturated rings. The van der Waals surface area contributed by atoms with Gasteiger partial charge in [-0.25, -0.2) is 0 Å². The first-order valence-corrected chi connectivity index (χ1v) is 5.36. The number of carbonyl (C=O) groups is 1. The summed E-state index contributed by atoms with van der Waals surface area (Å²) in [7, 11) is 0. The van der Waals surface area contributed by atoms with E-state index in [0.717, 1.165) is 17.4 Å². The molecule has 0 saturated carbocycles. The molecule has 0 aromatic carbocycles. The van der Waals surface area contributed by atoms with Crippen molar-refractivity contribution in [3.05, 3.63) is 0 Å². The Labute approximate surface area is 81.2 Å². The molecule has 0 aliphatic heterocycles. The van der Waals surface area contributed by atoms with E-state index < -0.39 is 0 Å². The topological polar surface area (TPSA) is 55.1 Å². The highest BCUT2D eigenvalue weighted by atomic mass is 127. The lowest BCUT2D eigenvalue weighted by atomic mass is 10.3. The number of carbonyl (C=O) groups excluding carboxylic acids is 1. The van der Waals surface area contributed by atoms with E-state index >= 15 is 0 Å². The lowest BCUT2D eigenvalue weighted by Gasteiger charge is -2.01. The van der Waals surface area contributed by atoms with Crippen molar-refractivity contribution in [3.63, 3.8) is 0 Å². The Kier molecular flexibility index (Phi) is 8.38. The molecule has 1 amide bonds. The van der Waals surface area contributed by atoms with Crippen molar-refractivity contribution < 1.29 is 4.79 Å². The van der Waals surface area contributed by atoms with Crippen LogP contribution in [0.15, 0.2) is 0 Å². The maximum absolute atomic E-state index is 10.8. The SMILES string of the molecule is NCCC(=O)NCCCCI. The van der Waals surface area contributed by atoms with Crippen LogP contribution in [0.2, 0.25) is 0 Å². The van der Waals surface area contributed by atoms with E-state index in [2.05, 4.69) is 27.9 Å². The van der Waals surface area contributed by atoms with E-state index in [1.165, 1.54) is 6.42 Å². The predicted octanol–water partition coefficient (Wildman–Crippen LogP) is 0.667. The molecule has 66 valence electrons. The number of hydrogen-bond donors (Lipinski definition) is 2. The molecule has 0 spiro atoms. The van der Waals surface area contributed by atoms with Gasteiger partial charge in [-0.2, -0.15) is 0 Å². The smallest absolute Gasteiger partial charge is 0.221 e.